The van der Waals surface area contributed by atoms with E-state index in [0.717, 1.165) is 55.0 Å². The van der Waals surface area contributed by atoms with Gasteiger partial charge in [0.15, 0.2) is 0 Å². The standard InChI is InChI=1S/C56H44O6P2S/c1-41-38-47(65)39-46(40-57-63(58-52-34-18-14-30-48(52)42-22-6-2-7-23-42)59-53-35-19-15-31-49(53)43-24-8-3-9-25-43)56(41)62-64(60-54-36-20-16-32-50(54)44-26-10-4-11-27-44)61-55-37-21-17-33-51(55)45-28-12-5-13-29-45/h2-39,65H,40H2,1H3. The van der Waals surface area contributed by atoms with Gasteiger partial charge in [0.25, 0.3) is 0 Å². The lowest BCUT2D eigenvalue weighted by molar-refractivity contribution is 0.253. The Morgan fingerprint density at radius 1 is 0.354 bits per heavy atom. The highest BCUT2D eigenvalue weighted by atomic mass is 32.1. The second-order valence-electron chi connectivity index (χ2n) is 14.9. The Labute approximate surface area is 388 Å². The predicted octanol–water partition coefficient (Wildman–Crippen LogP) is 16.6. The molecule has 0 saturated heterocycles. The summed E-state index contributed by atoms with van der Waals surface area (Å²) in [5.74, 6) is 3.01. The number of hydrogen-bond acceptors (Lipinski definition) is 7. The van der Waals surface area contributed by atoms with E-state index in [1.54, 1.807) is 0 Å². The molecule has 9 aromatic rings. The fraction of sp³-hybridized carbons (Fsp3) is 0.0357. The van der Waals surface area contributed by atoms with Crippen molar-refractivity contribution >= 4 is 29.8 Å². The quantitative estimate of drug-likeness (QED) is 0.0726. The minimum absolute atomic E-state index is 0.0433. The van der Waals surface area contributed by atoms with Crippen LogP contribution in [-0.2, 0) is 11.1 Å². The molecule has 65 heavy (non-hydrogen) atoms. The van der Waals surface area contributed by atoms with Crippen molar-refractivity contribution in [3.8, 4) is 73.3 Å². The van der Waals surface area contributed by atoms with E-state index in [4.69, 9.17) is 39.8 Å². The van der Waals surface area contributed by atoms with E-state index in [1.807, 2.05) is 189 Å². The fourth-order valence-electron chi connectivity index (χ4n) is 7.32. The zero-order valence-corrected chi connectivity index (χ0v) is 38.1. The Balaban J connectivity index is 1.07. The molecule has 9 rings (SSSR count). The number of hydrogen-bond donors (Lipinski definition) is 1. The Morgan fingerprint density at radius 3 is 1.02 bits per heavy atom. The van der Waals surface area contributed by atoms with Gasteiger partial charge in [0.2, 0.25) is 0 Å². The van der Waals surface area contributed by atoms with Crippen LogP contribution >= 0.6 is 29.8 Å². The molecule has 0 amide bonds. The molecule has 6 nitrogen and oxygen atoms in total. The normalized spacial score (nSPS) is 11.0. The summed E-state index contributed by atoms with van der Waals surface area (Å²) in [4.78, 5) is 0.735. The first kappa shape index (κ1) is 43.4. The first-order valence-corrected chi connectivity index (χ1v) is 23.7. The van der Waals surface area contributed by atoms with Crippen LogP contribution in [0.25, 0.3) is 44.5 Å². The smallest absolute Gasteiger partial charge is 0.417 e. The van der Waals surface area contributed by atoms with Gasteiger partial charge in [-0.15, -0.1) is 12.6 Å². The van der Waals surface area contributed by atoms with Crippen molar-refractivity contribution in [2.45, 2.75) is 18.4 Å². The van der Waals surface area contributed by atoms with Crippen molar-refractivity contribution in [3.05, 3.63) is 242 Å². The summed E-state index contributed by atoms with van der Waals surface area (Å²) in [5, 5.41) is 0. The summed E-state index contributed by atoms with van der Waals surface area (Å²) in [6.07, 6.45) is 0. The van der Waals surface area contributed by atoms with Gasteiger partial charge in [0.1, 0.15) is 28.7 Å². The molecular formula is C56H44O6P2S. The van der Waals surface area contributed by atoms with E-state index in [2.05, 4.69) is 48.5 Å². The van der Waals surface area contributed by atoms with Gasteiger partial charge >= 0.3 is 17.2 Å². The van der Waals surface area contributed by atoms with Gasteiger partial charge in [-0.2, -0.15) is 0 Å². The largest absolute Gasteiger partial charge is 0.530 e. The molecule has 0 atom stereocenters. The highest BCUT2D eigenvalue weighted by molar-refractivity contribution is 7.80. The van der Waals surface area contributed by atoms with Crippen LogP contribution in [0.15, 0.2) is 235 Å². The topological polar surface area (TPSA) is 55.4 Å². The molecule has 0 aliphatic carbocycles. The molecular weight excluding hydrogens is 863 g/mol. The molecule has 0 aliphatic rings. The monoisotopic (exact) mass is 906 g/mol. The van der Waals surface area contributed by atoms with Crippen LogP contribution in [0.5, 0.6) is 28.7 Å². The SMILES string of the molecule is Cc1cc(S)cc(COP(Oc2ccccc2-c2ccccc2)Oc2ccccc2-c2ccccc2)c1OP(Oc1ccccc1-c1ccccc1)Oc1ccccc1-c1ccccc1. The second-order valence-corrected chi connectivity index (χ2v) is 17.5. The van der Waals surface area contributed by atoms with Crippen LogP contribution in [0.2, 0.25) is 0 Å². The van der Waals surface area contributed by atoms with Crippen LogP contribution in [0.4, 0.5) is 0 Å². The number of para-hydroxylation sites is 4. The summed E-state index contributed by atoms with van der Waals surface area (Å²) in [6, 6.07) is 76.0. The molecule has 0 bridgehead atoms. The second kappa shape index (κ2) is 21.2. The summed E-state index contributed by atoms with van der Waals surface area (Å²) >= 11 is 4.82. The van der Waals surface area contributed by atoms with Gasteiger partial charge < -0.3 is 22.6 Å². The van der Waals surface area contributed by atoms with Crippen molar-refractivity contribution < 1.29 is 27.1 Å². The van der Waals surface area contributed by atoms with E-state index in [0.29, 0.717) is 34.3 Å². The first-order valence-electron chi connectivity index (χ1n) is 21.1. The zero-order chi connectivity index (χ0) is 44.2. The Kier molecular flexibility index (Phi) is 14.2. The molecule has 0 radical (unpaired) electrons. The van der Waals surface area contributed by atoms with Gasteiger partial charge in [0.05, 0.1) is 6.61 Å². The summed E-state index contributed by atoms with van der Waals surface area (Å²) in [6.45, 7) is 2.02. The van der Waals surface area contributed by atoms with Crippen molar-refractivity contribution in [3.63, 3.8) is 0 Å². The third-order valence-corrected chi connectivity index (χ3v) is 12.7. The first-order chi connectivity index (χ1) is 32.1. The lowest BCUT2D eigenvalue weighted by atomic mass is 10.1. The van der Waals surface area contributed by atoms with E-state index >= 15 is 0 Å². The molecule has 0 unspecified atom stereocenters. The molecule has 0 aliphatic heterocycles. The number of aryl methyl sites for hydroxylation is 1. The summed E-state index contributed by atoms with van der Waals surface area (Å²) in [7, 11) is -4.23. The number of thiol groups is 1. The molecule has 0 spiro atoms. The average molecular weight is 907 g/mol. The minimum atomic E-state index is -2.15. The molecule has 0 saturated carbocycles. The third kappa shape index (κ3) is 10.9. The molecule has 0 N–H and O–H groups in total. The molecule has 0 fully saturated rings. The lowest BCUT2D eigenvalue weighted by Gasteiger charge is -2.24. The van der Waals surface area contributed by atoms with Gasteiger partial charge in [-0.3, -0.25) is 4.52 Å². The van der Waals surface area contributed by atoms with Crippen LogP contribution in [0.1, 0.15) is 11.1 Å². The van der Waals surface area contributed by atoms with Gasteiger partial charge in [0, 0.05) is 32.7 Å². The van der Waals surface area contributed by atoms with Gasteiger partial charge in [-0.25, -0.2) is 0 Å². The maximum absolute atomic E-state index is 6.98. The van der Waals surface area contributed by atoms with Crippen molar-refractivity contribution in [1.82, 2.24) is 0 Å². The number of benzene rings is 9. The van der Waals surface area contributed by atoms with Crippen molar-refractivity contribution in [2.24, 2.45) is 0 Å². The Morgan fingerprint density at radius 2 is 0.662 bits per heavy atom. The Bertz CT molecular complexity index is 2790. The van der Waals surface area contributed by atoms with Crippen molar-refractivity contribution in [2.75, 3.05) is 0 Å². The van der Waals surface area contributed by atoms with Crippen LogP contribution in [0.3, 0.4) is 0 Å². The lowest BCUT2D eigenvalue weighted by Crippen LogP contribution is -2.07. The molecule has 0 heterocycles. The van der Waals surface area contributed by atoms with Crippen LogP contribution < -0.4 is 22.6 Å². The van der Waals surface area contributed by atoms with Crippen molar-refractivity contribution in [1.29, 1.82) is 0 Å². The van der Waals surface area contributed by atoms with Crippen LogP contribution in [-0.4, -0.2) is 0 Å². The summed E-state index contributed by atoms with van der Waals surface area (Å²) < 4.78 is 41.0. The van der Waals surface area contributed by atoms with E-state index < -0.39 is 17.2 Å². The maximum Gasteiger partial charge on any atom is 0.530 e. The fourth-order valence-corrected chi connectivity index (χ4v) is 9.86. The average Bonchev–Trinajstić information content (AvgIpc) is 3.36. The van der Waals surface area contributed by atoms with Crippen LogP contribution in [0, 0.1) is 6.92 Å². The highest BCUT2D eigenvalue weighted by Gasteiger charge is 2.28. The van der Waals surface area contributed by atoms with Gasteiger partial charge in [-0.05, 0) is 71.1 Å². The highest BCUT2D eigenvalue weighted by Crippen LogP contribution is 2.51. The number of rotatable bonds is 17. The third-order valence-electron chi connectivity index (χ3n) is 10.4. The zero-order valence-electron chi connectivity index (χ0n) is 35.4. The van der Waals surface area contributed by atoms with E-state index in [-0.39, 0.29) is 6.61 Å². The molecule has 9 aromatic carbocycles. The Hall–Kier alpha value is -6.85. The molecule has 9 heteroatoms. The maximum atomic E-state index is 6.98. The van der Waals surface area contributed by atoms with E-state index in [9.17, 15) is 0 Å². The van der Waals surface area contributed by atoms with Gasteiger partial charge in [-0.1, -0.05) is 194 Å². The predicted molar refractivity (Wildman–Crippen MR) is 268 cm³/mol. The minimum Gasteiger partial charge on any atom is -0.417 e. The molecule has 320 valence electrons. The summed E-state index contributed by atoms with van der Waals surface area (Å²) in [5.41, 5.74) is 9.17. The molecule has 0 aromatic heterocycles. The van der Waals surface area contributed by atoms with E-state index in [1.165, 1.54) is 0 Å².